The lowest BCUT2D eigenvalue weighted by atomic mass is 10.3. The molecule has 0 heterocycles. The Morgan fingerprint density at radius 3 is 2.38 bits per heavy atom. The number of anilines is 1. The van der Waals surface area contributed by atoms with Crippen molar-refractivity contribution in [2.75, 3.05) is 12.8 Å². The minimum Gasteiger partial charge on any atom is -0.497 e. The topological polar surface area (TPSA) is 35.2 Å². The molecule has 82 valence electrons. The highest BCUT2D eigenvalue weighted by Crippen LogP contribution is 2.29. The number of nitrogens with two attached hydrogens (primary N) is 1. The molecular weight excluding hydrogens is 218 g/mol. The van der Waals surface area contributed by atoms with Gasteiger partial charge < -0.3 is 10.5 Å². The molecule has 0 aromatic heterocycles. The summed E-state index contributed by atoms with van der Waals surface area (Å²) in [5.41, 5.74) is 6.51. The first kappa shape index (κ1) is 10.9. The molecule has 0 saturated heterocycles. The fourth-order valence-electron chi connectivity index (χ4n) is 1.36. The van der Waals surface area contributed by atoms with Gasteiger partial charge in [0, 0.05) is 15.5 Å². The van der Waals surface area contributed by atoms with Crippen molar-refractivity contribution in [1.29, 1.82) is 0 Å². The predicted octanol–water partition coefficient (Wildman–Crippen LogP) is 3.43. The number of rotatable bonds is 3. The number of methoxy groups -OCH3 is 1. The predicted molar refractivity (Wildman–Crippen MR) is 68.0 cm³/mol. The molecule has 0 amide bonds. The number of ether oxygens (including phenoxy) is 1. The van der Waals surface area contributed by atoms with E-state index in [4.69, 9.17) is 10.5 Å². The first-order chi connectivity index (χ1) is 7.78. The van der Waals surface area contributed by atoms with Crippen molar-refractivity contribution in [2.45, 2.75) is 9.79 Å². The van der Waals surface area contributed by atoms with Crippen LogP contribution in [0.25, 0.3) is 0 Å². The zero-order chi connectivity index (χ0) is 11.4. The van der Waals surface area contributed by atoms with E-state index in [2.05, 4.69) is 0 Å². The highest BCUT2D eigenvalue weighted by Gasteiger charge is 1.98. The molecule has 2 nitrogen and oxygen atoms in total. The van der Waals surface area contributed by atoms with Gasteiger partial charge in [-0.1, -0.05) is 17.8 Å². The largest absolute Gasteiger partial charge is 0.497 e. The molecular formula is C13H13NOS. The van der Waals surface area contributed by atoms with Crippen LogP contribution >= 0.6 is 11.8 Å². The van der Waals surface area contributed by atoms with Crippen LogP contribution in [0, 0.1) is 0 Å². The Morgan fingerprint density at radius 1 is 1.00 bits per heavy atom. The second kappa shape index (κ2) is 4.94. The Kier molecular flexibility index (Phi) is 3.37. The van der Waals surface area contributed by atoms with E-state index >= 15 is 0 Å². The number of hydrogen-bond donors (Lipinski definition) is 1. The Morgan fingerprint density at radius 2 is 1.75 bits per heavy atom. The van der Waals surface area contributed by atoms with Gasteiger partial charge in [0.05, 0.1) is 7.11 Å². The minimum atomic E-state index is 0.790. The molecule has 16 heavy (non-hydrogen) atoms. The van der Waals surface area contributed by atoms with Crippen LogP contribution in [0.5, 0.6) is 5.75 Å². The molecule has 0 unspecified atom stereocenters. The van der Waals surface area contributed by atoms with Crippen molar-refractivity contribution >= 4 is 17.4 Å². The van der Waals surface area contributed by atoms with Crippen molar-refractivity contribution in [3.8, 4) is 5.75 Å². The third-order valence-electron chi connectivity index (χ3n) is 2.15. The van der Waals surface area contributed by atoms with E-state index in [0.29, 0.717) is 0 Å². The summed E-state index contributed by atoms with van der Waals surface area (Å²) in [6.45, 7) is 0. The SMILES string of the molecule is COc1ccc(Sc2cccc(N)c2)cc1. The lowest BCUT2D eigenvalue weighted by molar-refractivity contribution is 0.414. The van der Waals surface area contributed by atoms with Gasteiger partial charge in [-0.2, -0.15) is 0 Å². The maximum atomic E-state index is 5.72. The van der Waals surface area contributed by atoms with Crippen LogP contribution in [-0.2, 0) is 0 Å². The van der Waals surface area contributed by atoms with Gasteiger partial charge in [-0.3, -0.25) is 0 Å². The Hall–Kier alpha value is -1.61. The normalized spacial score (nSPS) is 10.1. The van der Waals surface area contributed by atoms with Crippen LogP contribution in [0.15, 0.2) is 58.3 Å². The van der Waals surface area contributed by atoms with Crippen LogP contribution in [0.4, 0.5) is 5.69 Å². The maximum absolute atomic E-state index is 5.72. The molecule has 0 aliphatic heterocycles. The van der Waals surface area contributed by atoms with E-state index in [-0.39, 0.29) is 0 Å². The smallest absolute Gasteiger partial charge is 0.118 e. The summed E-state index contributed by atoms with van der Waals surface area (Å²) in [4.78, 5) is 2.32. The van der Waals surface area contributed by atoms with Crippen LogP contribution < -0.4 is 10.5 Å². The van der Waals surface area contributed by atoms with Crippen LogP contribution in [-0.4, -0.2) is 7.11 Å². The zero-order valence-electron chi connectivity index (χ0n) is 9.01. The summed E-state index contributed by atoms with van der Waals surface area (Å²) < 4.78 is 5.11. The van der Waals surface area contributed by atoms with E-state index in [1.165, 1.54) is 4.90 Å². The number of hydrogen-bond acceptors (Lipinski definition) is 3. The summed E-state index contributed by atoms with van der Waals surface area (Å²) in [5.74, 6) is 0.872. The molecule has 0 atom stereocenters. The van der Waals surface area contributed by atoms with Gasteiger partial charge in [-0.05, 0) is 42.5 Å². The molecule has 3 heteroatoms. The molecule has 0 spiro atoms. The maximum Gasteiger partial charge on any atom is 0.118 e. The zero-order valence-corrected chi connectivity index (χ0v) is 9.83. The summed E-state index contributed by atoms with van der Waals surface area (Å²) in [7, 11) is 1.67. The van der Waals surface area contributed by atoms with Gasteiger partial charge in [-0.25, -0.2) is 0 Å². The molecule has 2 N–H and O–H groups in total. The molecule has 0 saturated carbocycles. The quantitative estimate of drug-likeness (QED) is 0.822. The van der Waals surface area contributed by atoms with Crippen molar-refractivity contribution in [1.82, 2.24) is 0 Å². The molecule has 2 aromatic carbocycles. The molecule has 2 rings (SSSR count). The molecule has 0 fully saturated rings. The van der Waals surface area contributed by atoms with Gasteiger partial charge in [0.1, 0.15) is 5.75 Å². The number of nitrogen functional groups attached to an aromatic ring is 1. The monoisotopic (exact) mass is 231 g/mol. The average Bonchev–Trinajstić information content (AvgIpc) is 2.30. The number of benzene rings is 2. The summed E-state index contributed by atoms with van der Waals surface area (Å²) in [6.07, 6.45) is 0. The minimum absolute atomic E-state index is 0.790. The van der Waals surface area contributed by atoms with Crippen LogP contribution in [0.3, 0.4) is 0 Å². The molecule has 0 aliphatic rings. The average molecular weight is 231 g/mol. The van der Waals surface area contributed by atoms with Crippen molar-refractivity contribution in [3.05, 3.63) is 48.5 Å². The van der Waals surface area contributed by atoms with Crippen molar-refractivity contribution in [3.63, 3.8) is 0 Å². The van der Waals surface area contributed by atoms with Crippen molar-refractivity contribution < 1.29 is 4.74 Å². The van der Waals surface area contributed by atoms with Gasteiger partial charge in [0.15, 0.2) is 0 Å². The van der Waals surface area contributed by atoms with E-state index in [0.717, 1.165) is 16.3 Å². The Labute approximate surface area is 99.4 Å². The first-order valence-corrected chi connectivity index (χ1v) is 5.77. The summed E-state index contributed by atoms with van der Waals surface area (Å²) in [5, 5.41) is 0. The molecule has 0 aliphatic carbocycles. The molecule has 0 bridgehead atoms. The van der Waals surface area contributed by atoms with E-state index in [1.807, 2.05) is 48.5 Å². The fraction of sp³-hybridized carbons (Fsp3) is 0.0769. The van der Waals surface area contributed by atoms with Crippen LogP contribution in [0.1, 0.15) is 0 Å². The van der Waals surface area contributed by atoms with E-state index in [1.54, 1.807) is 18.9 Å². The van der Waals surface area contributed by atoms with Gasteiger partial charge in [-0.15, -0.1) is 0 Å². The second-order valence-electron chi connectivity index (χ2n) is 3.35. The first-order valence-electron chi connectivity index (χ1n) is 4.95. The van der Waals surface area contributed by atoms with Gasteiger partial charge >= 0.3 is 0 Å². The summed E-state index contributed by atoms with van der Waals surface area (Å²) >= 11 is 1.69. The van der Waals surface area contributed by atoms with Gasteiger partial charge in [0.25, 0.3) is 0 Å². The highest BCUT2D eigenvalue weighted by molar-refractivity contribution is 7.99. The second-order valence-corrected chi connectivity index (χ2v) is 4.50. The third kappa shape index (κ3) is 2.70. The lowest BCUT2D eigenvalue weighted by Gasteiger charge is -2.04. The van der Waals surface area contributed by atoms with Crippen LogP contribution in [0.2, 0.25) is 0 Å². The standard InChI is InChI=1S/C13H13NOS/c1-15-11-5-7-12(8-6-11)16-13-4-2-3-10(14)9-13/h2-9H,14H2,1H3. The molecule has 0 radical (unpaired) electrons. The third-order valence-corrected chi connectivity index (χ3v) is 3.15. The molecule has 2 aromatic rings. The highest BCUT2D eigenvalue weighted by atomic mass is 32.2. The summed E-state index contributed by atoms with van der Waals surface area (Å²) in [6, 6.07) is 15.8. The Bertz CT molecular complexity index is 468. The van der Waals surface area contributed by atoms with E-state index in [9.17, 15) is 0 Å². The van der Waals surface area contributed by atoms with Gasteiger partial charge in [0.2, 0.25) is 0 Å². The fourth-order valence-corrected chi connectivity index (χ4v) is 2.24. The van der Waals surface area contributed by atoms with E-state index < -0.39 is 0 Å². The lowest BCUT2D eigenvalue weighted by Crippen LogP contribution is -1.84. The van der Waals surface area contributed by atoms with Crippen molar-refractivity contribution in [2.24, 2.45) is 0 Å². The Balaban J connectivity index is 2.14.